The molecule has 0 saturated heterocycles. The predicted octanol–water partition coefficient (Wildman–Crippen LogP) is 15.5. The lowest BCUT2D eigenvalue weighted by Crippen LogP contribution is -2.46. The number of aliphatic hydroxyl groups is 2. The van der Waals surface area contributed by atoms with Crippen molar-refractivity contribution in [2.45, 2.75) is 296 Å². The fourth-order valence-corrected chi connectivity index (χ4v) is 7.99. The molecular weight excluding hydrogens is 731 g/mol. The zero-order chi connectivity index (χ0) is 43.1. The largest absolute Gasteiger partial charge is 0.462 e. The van der Waals surface area contributed by atoms with Gasteiger partial charge in [-0.3, -0.25) is 9.59 Å². The fourth-order valence-electron chi connectivity index (χ4n) is 7.99. The van der Waals surface area contributed by atoms with Crippen molar-refractivity contribution < 1.29 is 24.5 Å². The van der Waals surface area contributed by atoms with E-state index in [2.05, 4.69) is 50.4 Å². The van der Waals surface area contributed by atoms with E-state index >= 15 is 0 Å². The number of allylic oxidation sites excluding steroid dienone is 4. The lowest BCUT2D eigenvalue weighted by molar-refractivity contribution is -0.151. The number of unbranched alkanes of at least 4 members (excludes halogenated alkanes) is 31. The Balaban J connectivity index is 4.43. The van der Waals surface area contributed by atoms with Crippen molar-refractivity contribution >= 4 is 11.9 Å². The van der Waals surface area contributed by atoms with Crippen LogP contribution in [0.1, 0.15) is 278 Å². The number of carbonyl (C=O) groups is 2. The molecule has 3 unspecified atom stereocenters. The van der Waals surface area contributed by atoms with Gasteiger partial charge in [-0.1, -0.05) is 218 Å². The second-order valence-electron chi connectivity index (χ2n) is 17.9. The lowest BCUT2D eigenvalue weighted by Gasteiger charge is -2.24. The predicted molar refractivity (Wildman–Crippen MR) is 255 cm³/mol. The number of ether oxygens (including phenoxy) is 1. The summed E-state index contributed by atoms with van der Waals surface area (Å²) in [5.74, 6) is -0.486. The van der Waals surface area contributed by atoms with Gasteiger partial charge in [0, 0.05) is 6.42 Å². The van der Waals surface area contributed by atoms with Gasteiger partial charge in [0.05, 0.1) is 25.2 Å². The molecule has 0 aromatic carbocycles. The van der Waals surface area contributed by atoms with Gasteiger partial charge in [0.2, 0.25) is 5.91 Å². The zero-order valence-corrected chi connectivity index (χ0v) is 39.7. The summed E-state index contributed by atoms with van der Waals surface area (Å²) in [5.41, 5.74) is 0. The van der Waals surface area contributed by atoms with E-state index in [1.807, 2.05) is 0 Å². The Hall–Kier alpha value is -1.66. The van der Waals surface area contributed by atoms with Crippen LogP contribution in [0.4, 0.5) is 0 Å². The summed E-state index contributed by atoms with van der Waals surface area (Å²) in [5, 5.41) is 23.7. The molecule has 0 aliphatic carbocycles. The van der Waals surface area contributed by atoms with E-state index in [-0.39, 0.29) is 24.9 Å². The van der Waals surface area contributed by atoms with Gasteiger partial charge >= 0.3 is 5.97 Å². The Morgan fingerprint density at radius 2 is 0.831 bits per heavy atom. The van der Waals surface area contributed by atoms with Crippen LogP contribution in [0.25, 0.3) is 0 Å². The fraction of sp³-hybridized carbons (Fsp3) is 0.887. The molecule has 0 saturated carbocycles. The Morgan fingerprint density at radius 3 is 1.27 bits per heavy atom. The highest BCUT2D eigenvalue weighted by Gasteiger charge is 2.24. The van der Waals surface area contributed by atoms with Crippen molar-refractivity contribution in [2.24, 2.45) is 0 Å². The minimum absolute atomic E-state index is 0.0684. The monoisotopic (exact) mass is 832 g/mol. The average Bonchev–Trinajstić information content (AvgIpc) is 3.23. The molecule has 0 aromatic rings. The van der Waals surface area contributed by atoms with Crippen molar-refractivity contribution in [1.29, 1.82) is 0 Å². The van der Waals surface area contributed by atoms with Gasteiger partial charge in [-0.25, -0.2) is 0 Å². The van der Waals surface area contributed by atoms with E-state index < -0.39 is 18.2 Å². The molecule has 0 aliphatic rings. The van der Waals surface area contributed by atoms with Gasteiger partial charge in [0.15, 0.2) is 0 Å². The van der Waals surface area contributed by atoms with Gasteiger partial charge in [0.1, 0.15) is 6.10 Å². The quantitative estimate of drug-likeness (QED) is 0.0322. The highest BCUT2D eigenvalue weighted by Crippen LogP contribution is 2.18. The standard InChI is InChI=1S/C53H101NO5/c1-4-7-10-13-16-19-21-23-25-26-27-29-31-34-37-40-43-46-53(58)59-49(44-41-38-35-32-18-15-12-9-6-3)47-52(57)54-50(48-55)51(56)45-42-39-36-33-30-28-24-22-20-17-14-11-8-5-2/h15,18,23,25,49-51,55-56H,4-14,16-17,19-22,24,26-48H2,1-3H3,(H,54,57)/b18-15-,25-23+. The third-order valence-corrected chi connectivity index (χ3v) is 12.0. The molecule has 0 fully saturated rings. The number of hydrogen-bond acceptors (Lipinski definition) is 5. The average molecular weight is 832 g/mol. The Morgan fingerprint density at radius 1 is 0.475 bits per heavy atom. The van der Waals surface area contributed by atoms with Crippen molar-refractivity contribution in [2.75, 3.05) is 6.61 Å². The molecular formula is C53H101NO5. The summed E-state index contributed by atoms with van der Waals surface area (Å²) < 4.78 is 5.91. The van der Waals surface area contributed by atoms with E-state index in [1.54, 1.807) is 0 Å². The highest BCUT2D eigenvalue weighted by molar-refractivity contribution is 5.77. The van der Waals surface area contributed by atoms with Crippen LogP contribution >= 0.6 is 0 Å². The molecule has 3 atom stereocenters. The van der Waals surface area contributed by atoms with E-state index in [4.69, 9.17) is 4.74 Å². The smallest absolute Gasteiger partial charge is 0.306 e. The van der Waals surface area contributed by atoms with E-state index in [9.17, 15) is 19.8 Å². The maximum Gasteiger partial charge on any atom is 0.306 e. The Labute approximate surface area is 367 Å². The second kappa shape index (κ2) is 47.4. The summed E-state index contributed by atoms with van der Waals surface area (Å²) in [4.78, 5) is 26.1. The summed E-state index contributed by atoms with van der Waals surface area (Å²) in [6.45, 7) is 6.45. The van der Waals surface area contributed by atoms with Crippen LogP contribution in [0.3, 0.4) is 0 Å². The molecule has 0 radical (unpaired) electrons. The number of aliphatic hydroxyl groups excluding tert-OH is 2. The molecule has 1 amide bonds. The molecule has 0 bridgehead atoms. The molecule has 3 N–H and O–H groups in total. The van der Waals surface area contributed by atoms with E-state index in [0.29, 0.717) is 19.3 Å². The van der Waals surface area contributed by atoms with E-state index in [0.717, 1.165) is 64.2 Å². The summed E-state index contributed by atoms with van der Waals surface area (Å²) in [6, 6.07) is -0.702. The highest BCUT2D eigenvalue weighted by atomic mass is 16.5. The lowest BCUT2D eigenvalue weighted by atomic mass is 10.0. The van der Waals surface area contributed by atoms with Crippen LogP contribution in [0.2, 0.25) is 0 Å². The molecule has 348 valence electrons. The minimum atomic E-state index is -0.788. The number of esters is 1. The van der Waals surface area contributed by atoms with Crippen LogP contribution in [0.15, 0.2) is 24.3 Å². The minimum Gasteiger partial charge on any atom is -0.462 e. The molecule has 0 spiro atoms. The molecule has 6 heteroatoms. The second-order valence-corrected chi connectivity index (χ2v) is 17.9. The van der Waals surface area contributed by atoms with Gasteiger partial charge in [-0.2, -0.15) is 0 Å². The number of nitrogens with one attached hydrogen (secondary N) is 1. The number of rotatable bonds is 47. The van der Waals surface area contributed by atoms with Crippen LogP contribution in [0, 0.1) is 0 Å². The van der Waals surface area contributed by atoms with Crippen LogP contribution < -0.4 is 5.32 Å². The van der Waals surface area contributed by atoms with Gasteiger partial charge in [-0.15, -0.1) is 0 Å². The molecule has 6 nitrogen and oxygen atoms in total. The van der Waals surface area contributed by atoms with Crippen LogP contribution in [-0.2, 0) is 14.3 Å². The van der Waals surface area contributed by atoms with Crippen molar-refractivity contribution in [3.63, 3.8) is 0 Å². The topological polar surface area (TPSA) is 95.9 Å². The first-order chi connectivity index (χ1) is 29.0. The maximum atomic E-state index is 13.2. The Kier molecular flexibility index (Phi) is 46.1. The third kappa shape index (κ3) is 42.8. The van der Waals surface area contributed by atoms with Crippen molar-refractivity contribution in [3.05, 3.63) is 24.3 Å². The molecule has 0 rings (SSSR count). The van der Waals surface area contributed by atoms with Gasteiger partial charge in [0.25, 0.3) is 0 Å². The summed E-state index contributed by atoms with van der Waals surface area (Å²) >= 11 is 0. The van der Waals surface area contributed by atoms with Crippen molar-refractivity contribution in [1.82, 2.24) is 5.32 Å². The Bertz CT molecular complexity index is 935. The first-order valence-corrected chi connectivity index (χ1v) is 26.1. The maximum absolute atomic E-state index is 13.2. The molecule has 59 heavy (non-hydrogen) atoms. The van der Waals surface area contributed by atoms with Gasteiger partial charge in [-0.05, 0) is 70.6 Å². The number of hydrogen-bond donors (Lipinski definition) is 3. The normalized spacial score (nSPS) is 13.4. The SMILES string of the molecule is CCCC/C=C\CCCCCC(CC(=O)NC(CO)C(O)CCCCCCCCCCCCCCCC)OC(=O)CCCCCCCCC/C=C/CCCCCCCC. The first-order valence-electron chi connectivity index (χ1n) is 26.1. The summed E-state index contributed by atoms with van der Waals surface area (Å²) in [6.07, 6.45) is 53.9. The molecule has 0 aliphatic heterocycles. The van der Waals surface area contributed by atoms with Gasteiger partial charge < -0.3 is 20.3 Å². The third-order valence-electron chi connectivity index (χ3n) is 12.0. The van der Waals surface area contributed by atoms with Crippen LogP contribution in [0.5, 0.6) is 0 Å². The number of amides is 1. The molecule has 0 heterocycles. The first kappa shape index (κ1) is 57.3. The van der Waals surface area contributed by atoms with Crippen LogP contribution in [-0.4, -0.2) is 46.9 Å². The van der Waals surface area contributed by atoms with Crippen molar-refractivity contribution in [3.8, 4) is 0 Å². The van der Waals surface area contributed by atoms with E-state index in [1.165, 1.54) is 167 Å². The number of carbonyl (C=O) groups excluding carboxylic acids is 2. The molecule has 0 aromatic heterocycles. The summed E-state index contributed by atoms with van der Waals surface area (Å²) in [7, 11) is 0. The zero-order valence-electron chi connectivity index (χ0n) is 39.7.